The lowest BCUT2D eigenvalue weighted by molar-refractivity contribution is -0.148. The molecule has 2 heterocycles. The van der Waals surface area contributed by atoms with Crippen molar-refractivity contribution in [3.05, 3.63) is 5.01 Å². The van der Waals surface area contributed by atoms with Gasteiger partial charge in [-0.3, -0.25) is 4.79 Å². The number of carbonyl (C=O) groups is 2. The molecule has 2 rings (SSSR count). The molecule has 1 aliphatic rings. The van der Waals surface area contributed by atoms with Crippen LogP contribution in [0, 0.1) is 6.92 Å². The number of carbonyl (C=O) groups excluding carboxylic acids is 2. The summed E-state index contributed by atoms with van der Waals surface area (Å²) in [5.41, 5.74) is 0. The molecule has 0 saturated carbocycles. The summed E-state index contributed by atoms with van der Waals surface area (Å²) in [6, 6.07) is -0.249. The van der Waals surface area contributed by atoms with Crippen molar-refractivity contribution >= 4 is 28.5 Å². The minimum Gasteiger partial charge on any atom is -0.439 e. The lowest BCUT2D eigenvalue weighted by Gasteiger charge is -2.19. The van der Waals surface area contributed by atoms with Crippen molar-refractivity contribution in [1.29, 1.82) is 0 Å². The fourth-order valence-corrected chi connectivity index (χ4v) is 2.67. The van der Waals surface area contributed by atoms with Crippen LogP contribution in [-0.4, -0.2) is 60.6 Å². The number of likely N-dealkylation sites (N-methyl/N-ethyl adjacent to an activating group) is 1. The minimum atomic E-state index is -0.662. The summed E-state index contributed by atoms with van der Waals surface area (Å²) in [5, 5.41) is 9.03. The number of amides is 2. The van der Waals surface area contributed by atoms with Gasteiger partial charge in [-0.1, -0.05) is 11.3 Å². The highest BCUT2D eigenvalue weighted by molar-refractivity contribution is 7.15. The van der Waals surface area contributed by atoms with Gasteiger partial charge < -0.3 is 14.4 Å². The van der Waals surface area contributed by atoms with Gasteiger partial charge in [0.2, 0.25) is 11.4 Å². The van der Waals surface area contributed by atoms with Gasteiger partial charge in [-0.15, -0.1) is 10.2 Å². The van der Waals surface area contributed by atoms with E-state index in [0.717, 1.165) is 5.01 Å². The lowest BCUT2D eigenvalue weighted by atomic mass is 10.3. The highest BCUT2D eigenvalue weighted by atomic mass is 32.1. The number of methoxy groups -OCH3 is 1. The predicted molar refractivity (Wildman–Crippen MR) is 76.1 cm³/mol. The normalized spacial score (nSPS) is 18.4. The molecule has 116 valence electrons. The van der Waals surface area contributed by atoms with Crippen molar-refractivity contribution in [2.24, 2.45) is 0 Å². The van der Waals surface area contributed by atoms with E-state index in [2.05, 4.69) is 10.2 Å². The van der Waals surface area contributed by atoms with Crippen LogP contribution in [0.4, 0.5) is 9.93 Å². The smallest absolute Gasteiger partial charge is 0.329 e. The number of ether oxygens (including phenoxy) is 2. The third-order valence-electron chi connectivity index (χ3n) is 2.97. The van der Waals surface area contributed by atoms with Gasteiger partial charge in [-0.05, 0) is 13.3 Å². The molecule has 0 spiro atoms. The van der Waals surface area contributed by atoms with Gasteiger partial charge in [0, 0.05) is 27.2 Å². The molecular weight excluding hydrogens is 296 g/mol. The Morgan fingerprint density at radius 2 is 2.24 bits per heavy atom. The van der Waals surface area contributed by atoms with Gasteiger partial charge in [-0.2, -0.15) is 0 Å². The first-order valence-corrected chi connectivity index (χ1v) is 7.37. The van der Waals surface area contributed by atoms with Crippen LogP contribution in [0.5, 0.6) is 0 Å². The molecule has 1 aromatic rings. The first-order valence-electron chi connectivity index (χ1n) is 6.55. The van der Waals surface area contributed by atoms with E-state index in [1.807, 2.05) is 0 Å². The molecule has 1 atom stereocenters. The van der Waals surface area contributed by atoms with Crippen molar-refractivity contribution in [2.75, 3.05) is 32.2 Å². The van der Waals surface area contributed by atoms with Gasteiger partial charge in [0.25, 0.3) is 0 Å². The summed E-state index contributed by atoms with van der Waals surface area (Å²) >= 11 is 1.29. The van der Waals surface area contributed by atoms with Crippen molar-refractivity contribution in [3.8, 4) is 0 Å². The van der Waals surface area contributed by atoms with Gasteiger partial charge in [0.15, 0.2) is 0 Å². The fourth-order valence-electron chi connectivity index (χ4n) is 1.95. The molecular formula is C12H18N4O4S. The van der Waals surface area contributed by atoms with Crippen LogP contribution in [0.2, 0.25) is 0 Å². The topological polar surface area (TPSA) is 84.9 Å². The Morgan fingerprint density at radius 3 is 2.86 bits per heavy atom. The van der Waals surface area contributed by atoms with Crippen LogP contribution in [0.25, 0.3) is 0 Å². The number of rotatable bonds is 6. The fraction of sp³-hybridized carbons (Fsp3) is 0.667. The quantitative estimate of drug-likeness (QED) is 0.575. The number of hydrogen-bond acceptors (Lipinski definition) is 7. The summed E-state index contributed by atoms with van der Waals surface area (Å²) in [6.45, 7) is 2.61. The molecule has 1 aromatic heterocycles. The Hall–Kier alpha value is -1.74. The third kappa shape index (κ3) is 3.67. The number of urea groups is 1. The van der Waals surface area contributed by atoms with Crippen LogP contribution < -0.4 is 4.90 Å². The summed E-state index contributed by atoms with van der Waals surface area (Å²) in [4.78, 5) is 26.8. The molecule has 0 bridgehead atoms. The summed E-state index contributed by atoms with van der Waals surface area (Å²) in [6.07, 6.45) is 0.180. The molecule has 1 aliphatic heterocycles. The number of aryl methyl sites for hydroxylation is 1. The average molecular weight is 314 g/mol. The van der Waals surface area contributed by atoms with Gasteiger partial charge >= 0.3 is 12.0 Å². The standard InChI is InChI=1S/C12H18N4O4S/c1-8-13-14-11(21-8)16-9(7-15(2)12(16)18)20-10(17)5-4-6-19-3/h9H,4-7H2,1-3H3. The highest BCUT2D eigenvalue weighted by Crippen LogP contribution is 2.27. The average Bonchev–Trinajstić information content (AvgIpc) is 2.95. The zero-order valence-electron chi connectivity index (χ0n) is 12.2. The summed E-state index contributed by atoms with van der Waals surface area (Å²) in [7, 11) is 3.23. The molecule has 9 heteroatoms. The Bertz CT molecular complexity index is 521. The molecule has 0 aromatic carbocycles. The van der Waals surface area contributed by atoms with E-state index in [1.165, 1.54) is 21.1 Å². The zero-order chi connectivity index (χ0) is 15.4. The number of nitrogens with zero attached hydrogens (tertiary/aromatic N) is 4. The van der Waals surface area contributed by atoms with E-state index in [1.54, 1.807) is 21.1 Å². The molecule has 1 fully saturated rings. The maximum atomic E-state index is 12.1. The Morgan fingerprint density at radius 1 is 1.48 bits per heavy atom. The number of hydrogen-bond donors (Lipinski definition) is 0. The van der Waals surface area contributed by atoms with Crippen LogP contribution in [0.15, 0.2) is 0 Å². The largest absolute Gasteiger partial charge is 0.439 e. The number of anilines is 1. The Balaban J connectivity index is 2.03. The van der Waals surface area contributed by atoms with E-state index in [-0.39, 0.29) is 18.4 Å². The van der Waals surface area contributed by atoms with E-state index in [4.69, 9.17) is 9.47 Å². The molecule has 0 N–H and O–H groups in total. The summed E-state index contributed by atoms with van der Waals surface area (Å²) < 4.78 is 10.3. The van der Waals surface area contributed by atoms with E-state index in [0.29, 0.717) is 24.7 Å². The van der Waals surface area contributed by atoms with E-state index in [9.17, 15) is 9.59 Å². The van der Waals surface area contributed by atoms with Gasteiger partial charge in [0.05, 0.1) is 6.54 Å². The SMILES string of the molecule is COCCCC(=O)OC1CN(C)C(=O)N1c1nnc(C)s1. The van der Waals surface area contributed by atoms with Crippen molar-refractivity contribution in [1.82, 2.24) is 15.1 Å². The van der Waals surface area contributed by atoms with E-state index < -0.39 is 6.23 Å². The second-order valence-corrected chi connectivity index (χ2v) is 5.84. The summed E-state index contributed by atoms with van der Waals surface area (Å²) in [5.74, 6) is -0.355. The first kappa shape index (κ1) is 15.6. The van der Waals surface area contributed by atoms with Crippen LogP contribution in [0.3, 0.4) is 0 Å². The van der Waals surface area contributed by atoms with Crippen molar-refractivity contribution in [2.45, 2.75) is 26.0 Å². The van der Waals surface area contributed by atoms with Gasteiger partial charge in [0.1, 0.15) is 5.01 Å². The monoisotopic (exact) mass is 314 g/mol. The zero-order valence-corrected chi connectivity index (χ0v) is 13.1. The maximum Gasteiger partial charge on any atom is 0.329 e. The first-order chi connectivity index (χ1) is 10.0. The van der Waals surface area contributed by atoms with E-state index >= 15 is 0 Å². The van der Waals surface area contributed by atoms with Gasteiger partial charge in [-0.25, -0.2) is 9.69 Å². The highest BCUT2D eigenvalue weighted by Gasteiger charge is 2.40. The maximum absolute atomic E-state index is 12.1. The second-order valence-electron chi connectivity index (χ2n) is 4.68. The number of aromatic nitrogens is 2. The minimum absolute atomic E-state index is 0.249. The van der Waals surface area contributed by atoms with Crippen LogP contribution in [0.1, 0.15) is 17.8 Å². The lowest BCUT2D eigenvalue weighted by Crippen LogP contribution is -2.37. The Labute approximate surface area is 126 Å². The molecule has 1 unspecified atom stereocenters. The molecule has 2 amide bonds. The molecule has 8 nitrogen and oxygen atoms in total. The molecule has 1 saturated heterocycles. The van der Waals surface area contributed by atoms with Crippen molar-refractivity contribution in [3.63, 3.8) is 0 Å². The predicted octanol–water partition coefficient (Wildman–Crippen LogP) is 1.01. The van der Waals surface area contributed by atoms with Crippen LogP contribution in [-0.2, 0) is 14.3 Å². The third-order valence-corrected chi connectivity index (χ3v) is 3.81. The molecule has 0 aliphatic carbocycles. The second kappa shape index (κ2) is 6.81. The Kier molecular flexibility index (Phi) is 5.07. The molecule has 21 heavy (non-hydrogen) atoms. The number of esters is 1. The molecule has 0 radical (unpaired) electrons. The van der Waals surface area contributed by atoms with Crippen molar-refractivity contribution < 1.29 is 19.1 Å². The van der Waals surface area contributed by atoms with Crippen LogP contribution >= 0.6 is 11.3 Å².